The molecule has 0 amide bonds. The zero-order chi connectivity index (χ0) is 43.9. The second-order valence-corrected chi connectivity index (χ2v) is 12.3. The molecule has 4 heterocycles. The lowest BCUT2D eigenvalue weighted by Crippen LogP contribution is -2.05. The van der Waals surface area contributed by atoms with Crippen LogP contribution in [-0.2, 0) is 0 Å². The molecule has 4 heteroatoms. The average molecular weight is 663 g/mol. The molecule has 0 bridgehead atoms. The van der Waals surface area contributed by atoms with Crippen molar-refractivity contribution in [3.63, 3.8) is 0 Å². The maximum Gasteiger partial charge on any atom is 0.140 e. The van der Waals surface area contributed by atoms with Gasteiger partial charge < -0.3 is 4.57 Å². The molecule has 0 saturated carbocycles. The van der Waals surface area contributed by atoms with E-state index in [2.05, 4.69) is 0 Å². The number of pyridine rings is 1. The Bertz CT molecular complexity index is 3640. The van der Waals surface area contributed by atoms with Crippen LogP contribution in [0.25, 0.3) is 93.9 Å². The summed E-state index contributed by atoms with van der Waals surface area (Å²) in [7, 11) is 0. The van der Waals surface area contributed by atoms with Crippen LogP contribution in [0.3, 0.4) is 0 Å². The third kappa shape index (κ3) is 4.05. The van der Waals surface area contributed by atoms with Gasteiger partial charge in [-0.05, 0) is 60.1 Å². The number of hydrogen-bond donors (Lipinski definition) is 0. The smallest absolute Gasteiger partial charge is 0.140 e. The highest BCUT2D eigenvalue weighted by atomic mass is 15.1. The number of benzene rings is 7. The molecule has 0 saturated heterocycles. The third-order valence-corrected chi connectivity index (χ3v) is 9.63. The first-order valence-corrected chi connectivity index (χ1v) is 16.4. The van der Waals surface area contributed by atoms with Gasteiger partial charge in [-0.15, -0.1) is 0 Å². The Balaban J connectivity index is 1.37. The standard InChI is InChI=1S/C47H30N4/c1-8-22-39(49-40-23-9-2-16-33(40)34-17-3-10-24-41(34)49)32(15-1)31-29-46(50-42-25-11-4-18-35(42)36-19-5-12-26-43(36)50)48-47(30-31)51-44-27-13-6-20-37(44)38-21-7-14-28-45(38)51/h1-30H/i1D,4D,6D,8D,11D,13D,15D,18D,20D,22D,25D,27D. The third-order valence-electron chi connectivity index (χ3n) is 9.63. The van der Waals surface area contributed by atoms with E-state index >= 15 is 0 Å². The summed E-state index contributed by atoms with van der Waals surface area (Å²) in [4.78, 5) is 5.20. The van der Waals surface area contributed by atoms with Gasteiger partial charge in [0.25, 0.3) is 0 Å². The fraction of sp³-hybridized carbons (Fsp3) is 0. The minimum atomic E-state index is -0.489. The van der Waals surface area contributed by atoms with E-state index in [1.165, 1.54) is 0 Å². The quantitative estimate of drug-likeness (QED) is 0.184. The summed E-state index contributed by atoms with van der Waals surface area (Å²) >= 11 is 0. The Labute approximate surface area is 310 Å². The van der Waals surface area contributed by atoms with Crippen LogP contribution >= 0.6 is 0 Å². The zero-order valence-corrected chi connectivity index (χ0v) is 26.7. The summed E-state index contributed by atoms with van der Waals surface area (Å²) in [6.45, 7) is 0. The Morgan fingerprint density at radius 1 is 0.373 bits per heavy atom. The summed E-state index contributed by atoms with van der Waals surface area (Å²) in [6, 6.07) is 28.1. The van der Waals surface area contributed by atoms with Gasteiger partial charge in [0.1, 0.15) is 11.6 Å². The lowest BCUT2D eigenvalue weighted by molar-refractivity contribution is 1.01. The normalized spacial score (nSPS) is 15.2. The molecule has 0 atom stereocenters. The molecule has 0 fully saturated rings. The number of nitrogens with zero attached hydrogens (tertiary/aromatic N) is 4. The van der Waals surface area contributed by atoms with E-state index in [4.69, 9.17) is 16.0 Å². The van der Waals surface area contributed by atoms with Gasteiger partial charge >= 0.3 is 0 Å². The summed E-state index contributed by atoms with van der Waals surface area (Å²) in [5, 5.41) is 3.27. The topological polar surface area (TPSA) is 27.7 Å². The zero-order valence-electron chi connectivity index (χ0n) is 38.7. The van der Waals surface area contributed by atoms with Crippen molar-refractivity contribution in [2.24, 2.45) is 0 Å². The Morgan fingerprint density at radius 3 is 1.27 bits per heavy atom. The predicted molar refractivity (Wildman–Crippen MR) is 213 cm³/mol. The first kappa shape index (κ1) is 18.7. The van der Waals surface area contributed by atoms with Gasteiger partial charge in [-0.3, -0.25) is 9.13 Å². The summed E-state index contributed by atoms with van der Waals surface area (Å²) in [6.07, 6.45) is 0. The van der Waals surface area contributed by atoms with Crippen LogP contribution in [0.4, 0.5) is 0 Å². The van der Waals surface area contributed by atoms with Gasteiger partial charge in [-0.25, -0.2) is 4.98 Å². The van der Waals surface area contributed by atoms with Crippen LogP contribution in [0.15, 0.2) is 182 Å². The number of rotatable bonds is 4. The highest BCUT2D eigenvalue weighted by molar-refractivity contribution is 6.11. The molecule has 0 aliphatic carbocycles. The SMILES string of the molecule is [2H]c1c([2H])c([2H])c(-n2c3ccccc3c3ccccc32)c(-c2cc(-n3c4ccccc4c4c([2H])c([2H])c([2H])c([2H])c43)nc(-n3c4ccccc4c4c([2H])c([2H])c([2H])c([2H])c43)c2)c1[2H]. The van der Waals surface area contributed by atoms with Gasteiger partial charge in [0.2, 0.25) is 0 Å². The van der Waals surface area contributed by atoms with E-state index in [0.29, 0.717) is 32.8 Å². The molecule has 0 radical (unpaired) electrons. The van der Waals surface area contributed by atoms with Crippen LogP contribution in [0.5, 0.6) is 0 Å². The van der Waals surface area contributed by atoms with E-state index < -0.39 is 36.3 Å². The van der Waals surface area contributed by atoms with Gasteiger partial charge in [-0.2, -0.15) is 0 Å². The number of hydrogen-bond acceptors (Lipinski definition) is 1. The fourth-order valence-corrected chi connectivity index (χ4v) is 7.54. The largest absolute Gasteiger partial charge is 0.309 e. The minimum Gasteiger partial charge on any atom is -0.309 e. The van der Waals surface area contributed by atoms with Crippen LogP contribution in [-0.4, -0.2) is 18.7 Å². The molecule has 51 heavy (non-hydrogen) atoms. The molecule has 0 unspecified atom stereocenters. The number of aromatic nitrogens is 4. The van der Waals surface area contributed by atoms with Crippen LogP contribution in [0.2, 0.25) is 0 Å². The van der Waals surface area contributed by atoms with Gasteiger partial charge in [0, 0.05) is 37.9 Å². The molecule has 4 aromatic heterocycles. The summed E-state index contributed by atoms with van der Waals surface area (Å²) in [5.41, 5.74) is 3.09. The van der Waals surface area contributed by atoms with Crippen LogP contribution in [0.1, 0.15) is 16.4 Å². The van der Waals surface area contributed by atoms with Gasteiger partial charge in [0.15, 0.2) is 0 Å². The average Bonchev–Trinajstić information content (AvgIpc) is 3.96. The highest BCUT2D eigenvalue weighted by Gasteiger charge is 2.20. The molecular weight excluding hydrogens is 621 g/mol. The molecule has 11 rings (SSSR count). The first-order chi connectivity index (χ1) is 30.3. The second kappa shape index (κ2) is 10.8. The lowest BCUT2D eigenvalue weighted by Gasteiger charge is -2.17. The van der Waals surface area contributed by atoms with E-state index in [-0.39, 0.29) is 86.5 Å². The van der Waals surface area contributed by atoms with Crippen molar-refractivity contribution < 1.29 is 16.4 Å². The molecule has 238 valence electrons. The predicted octanol–water partition coefficient (Wildman–Crippen LogP) is 12.0. The van der Waals surface area contributed by atoms with E-state index in [1.807, 2.05) is 53.1 Å². The summed E-state index contributed by atoms with van der Waals surface area (Å²) < 4.78 is 113. The van der Waals surface area contributed by atoms with E-state index in [1.54, 1.807) is 69.8 Å². The van der Waals surface area contributed by atoms with Gasteiger partial charge in [-0.1, -0.05) is 127 Å². The van der Waals surface area contributed by atoms with Crippen molar-refractivity contribution in [3.05, 3.63) is 182 Å². The van der Waals surface area contributed by atoms with Crippen LogP contribution < -0.4 is 0 Å². The first-order valence-electron chi connectivity index (χ1n) is 22.4. The number of para-hydroxylation sites is 7. The maximum absolute atomic E-state index is 9.63. The summed E-state index contributed by atoms with van der Waals surface area (Å²) in [5.74, 6) is 0.233. The van der Waals surface area contributed by atoms with Gasteiger partial charge in [0.05, 0.1) is 55.2 Å². The van der Waals surface area contributed by atoms with E-state index in [9.17, 15) is 5.48 Å². The van der Waals surface area contributed by atoms with E-state index in [0.717, 1.165) is 10.8 Å². The molecule has 0 spiro atoms. The molecule has 7 aromatic carbocycles. The molecular formula is C47H30N4. The Morgan fingerprint density at radius 2 is 0.765 bits per heavy atom. The van der Waals surface area contributed by atoms with Crippen molar-refractivity contribution >= 4 is 65.4 Å². The molecule has 11 aromatic rings. The fourth-order valence-electron chi connectivity index (χ4n) is 7.54. The van der Waals surface area contributed by atoms with Crippen molar-refractivity contribution in [2.45, 2.75) is 0 Å². The van der Waals surface area contributed by atoms with Crippen molar-refractivity contribution in [1.82, 2.24) is 18.7 Å². The second-order valence-electron chi connectivity index (χ2n) is 12.3. The molecule has 0 N–H and O–H groups in total. The monoisotopic (exact) mass is 662 g/mol. The Hall–Kier alpha value is -6.91. The van der Waals surface area contributed by atoms with Crippen molar-refractivity contribution in [3.8, 4) is 28.5 Å². The van der Waals surface area contributed by atoms with Crippen LogP contribution in [0, 0.1) is 0 Å². The molecule has 4 nitrogen and oxygen atoms in total. The van der Waals surface area contributed by atoms with Crippen molar-refractivity contribution in [1.29, 1.82) is 0 Å². The highest BCUT2D eigenvalue weighted by Crippen LogP contribution is 2.39. The van der Waals surface area contributed by atoms with Crippen molar-refractivity contribution in [2.75, 3.05) is 0 Å². The Kier molecular flexibility index (Phi) is 3.97. The number of fused-ring (bicyclic) bond motifs is 9. The maximum atomic E-state index is 9.63. The minimum absolute atomic E-state index is 0.0998. The molecule has 0 aliphatic rings. The lowest BCUT2D eigenvalue weighted by atomic mass is 10.0. The molecule has 0 aliphatic heterocycles.